The van der Waals surface area contributed by atoms with Gasteiger partial charge < -0.3 is 40.9 Å². The minimum atomic E-state index is -0.797. The Balaban J connectivity index is 1.86. The van der Waals surface area contributed by atoms with Crippen molar-refractivity contribution >= 4 is 0 Å². The standard InChI is InChI=1S/C28H24O8/c29-15-1-3-20(23(34)10-15)22-8-14-7-19(33)12-25(36)27(14)28(21-4-2-16(30)11-24(21)35)26(22)13-5-17(31)9-18(32)6-13/h1-7,9-12,22,26,28-36H,8H2/t22-,26+,28+/m1/s1. The van der Waals surface area contributed by atoms with Crippen LogP contribution in [0.1, 0.15) is 45.6 Å². The molecule has 0 spiro atoms. The third kappa shape index (κ3) is 3.92. The topological polar surface area (TPSA) is 162 Å². The summed E-state index contributed by atoms with van der Waals surface area (Å²) in [6, 6.07) is 15.1. The molecule has 3 atom stereocenters. The lowest BCUT2D eigenvalue weighted by atomic mass is 9.62. The summed E-state index contributed by atoms with van der Waals surface area (Å²) in [5, 5.41) is 83.2. The van der Waals surface area contributed by atoms with Gasteiger partial charge in [0.25, 0.3) is 0 Å². The minimum Gasteiger partial charge on any atom is -0.508 e. The molecule has 1 aliphatic rings. The Labute approximate surface area is 205 Å². The third-order valence-electron chi connectivity index (χ3n) is 6.84. The van der Waals surface area contributed by atoms with E-state index in [2.05, 4.69) is 0 Å². The normalized spacial score (nSPS) is 19.1. The Morgan fingerprint density at radius 2 is 1.03 bits per heavy atom. The fraction of sp³-hybridized carbons (Fsp3) is 0.143. The zero-order chi connectivity index (χ0) is 25.7. The number of hydrogen-bond donors (Lipinski definition) is 8. The van der Waals surface area contributed by atoms with Gasteiger partial charge in [-0.2, -0.15) is 0 Å². The highest BCUT2D eigenvalue weighted by Crippen LogP contribution is 2.58. The van der Waals surface area contributed by atoms with Gasteiger partial charge in [-0.05, 0) is 59.4 Å². The molecule has 0 amide bonds. The van der Waals surface area contributed by atoms with E-state index in [1.165, 1.54) is 60.7 Å². The first-order valence-corrected chi connectivity index (χ1v) is 11.2. The SMILES string of the molecule is Oc1cc(O)cc([C@@H]2[C@H](c3ccc(O)cc3O)c3c(O)cc(O)cc3C[C@@H]2c2ccc(O)cc2O)c1. The van der Waals surface area contributed by atoms with Gasteiger partial charge in [0, 0.05) is 47.2 Å². The first-order valence-electron chi connectivity index (χ1n) is 11.2. The average Bonchev–Trinajstić information content (AvgIpc) is 2.77. The lowest BCUT2D eigenvalue weighted by Gasteiger charge is -2.41. The Bertz CT molecular complexity index is 1460. The van der Waals surface area contributed by atoms with E-state index in [0.717, 1.165) is 0 Å². The van der Waals surface area contributed by atoms with Crippen molar-refractivity contribution in [2.24, 2.45) is 0 Å². The number of fused-ring (bicyclic) bond motifs is 1. The van der Waals surface area contributed by atoms with Crippen LogP contribution in [0.3, 0.4) is 0 Å². The molecule has 36 heavy (non-hydrogen) atoms. The van der Waals surface area contributed by atoms with Gasteiger partial charge in [-0.1, -0.05) is 12.1 Å². The molecule has 8 nitrogen and oxygen atoms in total. The second kappa shape index (κ2) is 8.49. The summed E-state index contributed by atoms with van der Waals surface area (Å²) < 4.78 is 0. The number of phenolic OH excluding ortho intramolecular Hbond substituents is 8. The van der Waals surface area contributed by atoms with Crippen molar-refractivity contribution in [1.29, 1.82) is 0 Å². The second-order valence-electron chi connectivity index (χ2n) is 9.12. The Morgan fingerprint density at radius 1 is 0.500 bits per heavy atom. The van der Waals surface area contributed by atoms with Crippen LogP contribution in [0.4, 0.5) is 0 Å². The Hall–Kier alpha value is -4.72. The van der Waals surface area contributed by atoms with Crippen molar-refractivity contribution in [3.8, 4) is 46.0 Å². The van der Waals surface area contributed by atoms with Crippen molar-refractivity contribution in [1.82, 2.24) is 0 Å². The van der Waals surface area contributed by atoms with Crippen molar-refractivity contribution < 1.29 is 40.9 Å². The molecule has 5 rings (SSSR count). The lowest BCUT2D eigenvalue weighted by molar-refractivity contribution is 0.383. The van der Waals surface area contributed by atoms with Gasteiger partial charge in [0.15, 0.2) is 0 Å². The van der Waals surface area contributed by atoms with E-state index in [9.17, 15) is 40.9 Å². The summed E-state index contributed by atoms with van der Waals surface area (Å²) >= 11 is 0. The molecule has 0 aromatic heterocycles. The van der Waals surface area contributed by atoms with Gasteiger partial charge in [0.1, 0.15) is 46.0 Å². The summed E-state index contributed by atoms with van der Waals surface area (Å²) in [7, 11) is 0. The van der Waals surface area contributed by atoms with Gasteiger partial charge >= 0.3 is 0 Å². The first-order chi connectivity index (χ1) is 17.1. The monoisotopic (exact) mass is 488 g/mol. The van der Waals surface area contributed by atoms with Crippen molar-refractivity contribution in [2.45, 2.75) is 24.2 Å². The van der Waals surface area contributed by atoms with E-state index in [1.807, 2.05) is 0 Å². The van der Waals surface area contributed by atoms with Gasteiger partial charge in [-0.3, -0.25) is 0 Å². The van der Waals surface area contributed by atoms with Gasteiger partial charge in [0.05, 0.1) is 0 Å². The van der Waals surface area contributed by atoms with Crippen LogP contribution in [0.25, 0.3) is 0 Å². The molecule has 184 valence electrons. The molecule has 4 aromatic rings. The van der Waals surface area contributed by atoms with Gasteiger partial charge in [0.2, 0.25) is 0 Å². The molecular weight excluding hydrogens is 464 g/mol. The lowest BCUT2D eigenvalue weighted by Crippen LogP contribution is -2.28. The molecule has 8 heteroatoms. The van der Waals surface area contributed by atoms with Crippen LogP contribution in [0.2, 0.25) is 0 Å². The molecule has 0 aliphatic heterocycles. The molecule has 0 bridgehead atoms. The maximum atomic E-state index is 11.0. The third-order valence-corrected chi connectivity index (χ3v) is 6.84. The number of rotatable bonds is 3. The molecule has 0 unspecified atom stereocenters. The number of benzene rings is 4. The Kier molecular flexibility index (Phi) is 5.44. The molecule has 1 aliphatic carbocycles. The molecule has 8 N–H and O–H groups in total. The summed E-state index contributed by atoms with van der Waals surface area (Å²) in [6.07, 6.45) is 0.228. The van der Waals surface area contributed by atoms with E-state index < -0.39 is 17.8 Å². The van der Waals surface area contributed by atoms with Crippen LogP contribution < -0.4 is 0 Å². The quantitative estimate of drug-likeness (QED) is 0.208. The van der Waals surface area contributed by atoms with E-state index >= 15 is 0 Å². The van der Waals surface area contributed by atoms with Crippen LogP contribution in [0.5, 0.6) is 46.0 Å². The van der Waals surface area contributed by atoms with Crippen molar-refractivity contribution in [3.05, 3.63) is 94.5 Å². The van der Waals surface area contributed by atoms with Crippen LogP contribution >= 0.6 is 0 Å². The van der Waals surface area contributed by atoms with Gasteiger partial charge in [-0.25, -0.2) is 0 Å². The smallest absolute Gasteiger partial charge is 0.123 e. The average molecular weight is 488 g/mol. The van der Waals surface area contributed by atoms with E-state index in [1.54, 1.807) is 6.07 Å². The van der Waals surface area contributed by atoms with E-state index in [-0.39, 0.29) is 52.4 Å². The highest BCUT2D eigenvalue weighted by atomic mass is 16.3. The molecule has 0 heterocycles. The van der Waals surface area contributed by atoms with E-state index in [0.29, 0.717) is 27.8 Å². The number of phenols is 8. The first kappa shape index (κ1) is 23.0. The molecular formula is C28H24O8. The molecule has 0 saturated heterocycles. The minimum absolute atomic E-state index is 0.137. The summed E-state index contributed by atoms with van der Waals surface area (Å²) in [4.78, 5) is 0. The highest BCUT2D eigenvalue weighted by molar-refractivity contribution is 5.60. The van der Waals surface area contributed by atoms with E-state index in [4.69, 9.17) is 0 Å². The maximum Gasteiger partial charge on any atom is 0.123 e. The highest BCUT2D eigenvalue weighted by Gasteiger charge is 2.43. The van der Waals surface area contributed by atoms with Crippen molar-refractivity contribution in [2.75, 3.05) is 0 Å². The van der Waals surface area contributed by atoms with Crippen LogP contribution in [0, 0.1) is 0 Å². The molecule has 0 radical (unpaired) electrons. The number of aromatic hydroxyl groups is 8. The van der Waals surface area contributed by atoms with Crippen molar-refractivity contribution in [3.63, 3.8) is 0 Å². The fourth-order valence-electron chi connectivity index (χ4n) is 5.51. The van der Waals surface area contributed by atoms with Crippen LogP contribution in [-0.2, 0) is 6.42 Å². The predicted molar refractivity (Wildman–Crippen MR) is 130 cm³/mol. The summed E-state index contributed by atoms with van der Waals surface area (Å²) in [5.41, 5.74) is 2.21. The fourth-order valence-corrected chi connectivity index (χ4v) is 5.51. The zero-order valence-electron chi connectivity index (χ0n) is 18.9. The largest absolute Gasteiger partial charge is 0.508 e. The summed E-state index contributed by atoms with van der Waals surface area (Å²) in [6.45, 7) is 0. The number of hydrogen-bond acceptors (Lipinski definition) is 8. The van der Waals surface area contributed by atoms with Crippen LogP contribution in [-0.4, -0.2) is 40.9 Å². The molecule has 0 saturated carbocycles. The summed E-state index contributed by atoms with van der Waals surface area (Å²) in [5.74, 6) is -3.54. The maximum absolute atomic E-state index is 11.0. The van der Waals surface area contributed by atoms with Gasteiger partial charge in [-0.15, -0.1) is 0 Å². The zero-order valence-corrected chi connectivity index (χ0v) is 18.9. The Morgan fingerprint density at radius 3 is 1.61 bits per heavy atom. The predicted octanol–water partition coefficient (Wildman–Crippen LogP) is 4.59. The van der Waals surface area contributed by atoms with Crippen LogP contribution in [0.15, 0.2) is 66.7 Å². The molecule has 0 fully saturated rings. The molecule has 4 aromatic carbocycles. The second-order valence-corrected chi connectivity index (χ2v) is 9.12.